The number of nitrogens with one attached hydrogen (secondary N) is 3. The summed E-state index contributed by atoms with van der Waals surface area (Å²) in [7, 11) is -13.6. The van der Waals surface area contributed by atoms with Crippen LogP contribution in [0.15, 0.2) is 164 Å². The zero-order valence-electron chi connectivity index (χ0n) is 83.1. The van der Waals surface area contributed by atoms with E-state index >= 15 is 0 Å². The van der Waals surface area contributed by atoms with E-state index in [9.17, 15) is 72.6 Å². The van der Waals surface area contributed by atoms with Crippen LogP contribution in [0.4, 0.5) is 17.1 Å². The number of nitrogens with two attached hydrogens (primary N) is 3. The summed E-state index contributed by atoms with van der Waals surface area (Å²) in [5, 5.41) is 52.7. The lowest BCUT2D eigenvalue weighted by Crippen LogP contribution is -2.50. The second-order valence-corrected chi connectivity index (χ2v) is 42.1. The molecule has 9 N–H and O–H groups in total. The molecule has 6 aromatic heterocycles. The molecule has 0 amide bonds. The summed E-state index contributed by atoms with van der Waals surface area (Å²) in [6, 6.07) is 41.0. The number of carbonyl (C=O) groups excluding carboxylic acids is 9. The Bertz CT molecular complexity index is 6390. The molecule has 0 saturated carbocycles. The zero-order valence-corrected chi connectivity index (χ0v) is 85.7. The molecule has 3 aromatic carbocycles. The van der Waals surface area contributed by atoms with Gasteiger partial charge in [0.05, 0.1) is 62.5 Å². The number of para-hydroxylation sites is 3. The fourth-order valence-corrected chi connectivity index (χ4v) is 19.1. The molecule has 3 aliphatic heterocycles. The van der Waals surface area contributed by atoms with E-state index in [1.807, 2.05) is 18.2 Å². The van der Waals surface area contributed by atoms with Crippen LogP contribution in [0.3, 0.4) is 0 Å². The Morgan fingerprint density at radius 3 is 0.938 bits per heavy atom. The molecule has 0 unspecified atom stereocenters. The first-order chi connectivity index (χ1) is 67.6. The Morgan fingerprint density at radius 2 is 0.660 bits per heavy atom. The minimum Gasteiger partial charge on any atom is -0.459 e. The topological polar surface area (TPSA) is 608 Å². The van der Waals surface area contributed by atoms with Gasteiger partial charge < -0.3 is 87.6 Å². The Kier molecular flexibility index (Phi) is 36.7. The maximum Gasteiger partial charge on any atom is 0.459 e. The molecule has 144 heavy (non-hydrogen) atoms. The molecule has 18 atom stereocenters. The molecule has 3 fully saturated rings. The number of hydrogen-bond acceptors (Lipinski definition) is 39. The third-order valence-electron chi connectivity index (χ3n) is 21.2. The van der Waals surface area contributed by atoms with Crippen molar-refractivity contribution < 1.29 is 141 Å². The number of benzene rings is 3. The number of carbonyl (C=O) groups is 9. The van der Waals surface area contributed by atoms with Crippen molar-refractivity contribution in [1.82, 2.24) is 44.1 Å². The molecular formula is C96H120N15O30P3. The van der Waals surface area contributed by atoms with Gasteiger partial charge >= 0.3 is 77.0 Å². The van der Waals surface area contributed by atoms with Gasteiger partial charge in [0.25, 0.3) is 0 Å². The average Bonchev–Trinajstić information content (AvgIpc) is 1.59. The number of ether oxygens (including phenoxy) is 12. The Labute approximate surface area is 830 Å². The first-order valence-corrected chi connectivity index (χ1v) is 50.3. The number of aromatic nitrogens is 6. The van der Waals surface area contributed by atoms with Crippen molar-refractivity contribution >= 4 is 111 Å². The number of esters is 9. The predicted octanol–water partition coefficient (Wildman–Crippen LogP) is 13.0. The first-order valence-electron chi connectivity index (χ1n) is 45.7. The number of anilines is 3. The van der Waals surface area contributed by atoms with Crippen LogP contribution >= 0.6 is 23.2 Å². The summed E-state index contributed by atoms with van der Waals surface area (Å²) in [5.41, 5.74) is 12.8. The summed E-state index contributed by atoms with van der Waals surface area (Å²) < 4.78 is 152. The lowest BCUT2D eigenvalue weighted by atomic mass is 9.95. The van der Waals surface area contributed by atoms with Gasteiger partial charge in [-0.2, -0.15) is 46.3 Å². The van der Waals surface area contributed by atoms with Crippen molar-refractivity contribution in [2.75, 3.05) is 37.0 Å². The molecule has 3 aliphatic rings. The van der Waals surface area contributed by atoms with Crippen molar-refractivity contribution in [1.29, 1.82) is 15.8 Å². The minimum absolute atomic E-state index is 0.0413. The van der Waals surface area contributed by atoms with E-state index in [1.165, 1.54) is 89.3 Å². The van der Waals surface area contributed by atoms with E-state index < -0.39 is 215 Å². The van der Waals surface area contributed by atoms with Gasteiger partial charge in [-0.15, -0.1) is 0 Å². The summed E-state index contributed by atoms with van der Waals surface area (Å²) in [6.07, 6.45) is -8.42. The maximum absolute atomic E-state index is 14.4. The molecule has 774 valence electrons. The van der Waals surface area contributed by atoms with Gasteiger partial charge in [-0.1, -0.05) is 96.1 Å². The van der Waals surface area contributed by atoms with Gasteiger partial charge in [-0.25, -0.2) is 27.2 Å². The highest BCUT2D eigenvalue weighted by Crippen LogP contribution is 2.55. The summed E-state index contributed by atoms with van der Waals surface area (Å²) >= 11 is 0. The van der Waals surface area contributed by atoms with Crippen LogP contribution < -0.4 is 46.0 Å². The van der Waals surface area contributed by atoms with Gasteiger partial charge in [-0.05, 0) is 174 Å². The van der Waals surface area contributed by atoms with Crippen LogP contribution in [0.1, 0.15) is 187 Å². The van der Waals surface area contributed by atoms with E-state index in [4.69, 9.17) is 101 Å². The molecule has 45 nitrogen and oxygen atoms in total. The third kappa shape index (κ3) is 28.4. The maximum atomic E-state index is 14.4. The molecular weight excluding hydrogens is 1940 g/mol. The van der Waals surface area contributed by atoms with Crippen molar-refractivity contribution in [2.45, 2.75) is 258 Å². The molecule has 48 heteroatoms. The Balaban J connectivity index is 0.000000222. The van der Waals surface area contributed by atoms with E-state index in [0.717, 1.165) is 13.8 Å². The van der Waals surface area contributed by atoms with Crippen LogP contribution in [0, 0.1) is 45.8 Å². The quantitative estimate of drug-likeness (QED) is 0.0120. The number of nitrogen functional groups attached to an aromatic ring is 3. The highest BCUT2D eigenvalue weighted by atomic mass is 31.2. The van der Waals surface area contributed by atoms with E-state index in [0.29, 0.717) is 50.7 Å². The highest BCUT2D eigenvalue weighted by molar-refractivity contribution is 7.52. The first kappa shape index (κ1) is 113. The molecule has 9 aromatic rings. The van der Waals surface area contributed by atoms with Crippen LogP contribution in [0.25, 0.3) is 16.6 Å². The minimum atomic E-state index is -4.56. The van der Waals surface area contributed by atoms with Crippen LogP contribution in [-0.2, 0) is 127 Å². The number of nitrogens with zero attached hydrogens (tertiary/aromatic N) is 9. The number of rotatable bonds is 37. The van der Waals surface area contributed by atoms with Crippen molar-refractivity contribution in [3.05, 3.63) is 181 Å². The van der Waals surface area contributed by atoms with Gasteiger partial charge in [0.15, 0.2) is 36.6 Å². The summed E-state index contributed by atoms with van der Waals surface area (Å²) in [6.45, 7) is 28.6. The molecule has 3 saturated heterocycles. The normalized spacial score (nSPS) is 22.7. The Hall–Kier alpha value is -13.4. The smallest absolute Gasteiger partial charge is 0.459 e. The number of hydrogen-bond donors (Lipinski definition) is 6. The Morgan fingerprint density at radius 1 is 0.389 bits per heavy atom. The highest BCUT2D eigenvalue weighted by Gasteiger charge is 2.66. The molecule has 0 radical (unpaired) electrons. The standard InChI is InChI=1S/C34H44N5O10P.C32H40N5O10P.C30H36N5O10P/c1-20(2)30(40)45-28-27(26-15-14-25-24(36)16-17-37-39(25)26)47-34(18-35,29(28)46-31(41)21(3)4)19-44-50(43,49-23-12-10-9-11-13-23)38-22(5)32(42)48-33(6,7)8;1-7-25(38)43-28-27(24-15-14-23-22(34)16-17-35-37(23)24)45-32(18-33,29(28)44-26(39)8-2)19-42-48(41,47-21-12-10-9-11-13-21)36-20(3)30(40)46-31(4,5)6;1-18(28(38)44-29(4,5)6)34-46(39,45-21-10-8-7-9-11-21)40-17-30(16-31)27(42-20(3)37)26(41-19(2)36)25(43-30)24-13-12-23-22(32)14-15-33-35(23)24/h9-17,20-22,27-29H,19,36H2,1-8H3,(H,38,43);9-17,20,27-29H,7-8,19,34H2,1-6H3,(H,36,41);7-15,18,25-27H,17,32H2,1-6H3,(H,34,39)/t22-,27-,28-,29-,34+,50-;20-,27-,28-,29-,32+,48-;18-,25-,26-,27-,30+,46-/m000/s1. The number of fused-ring (bicyclic) bond motifs is 3. The van der Waals surface area contributed by atoms with Gasteiger partial charge in [0.1, 0.15) is 109 Å². The van der Waals surface area contributed by atoms with Gasteiger partial charge in [0, 0.05) is 45.3 Å². The molecule has 0 aliphatic carbocycles. The average molecular weight is 2060 g/mol. The lowest BCUT2D eigenvalue weighted by Gasteiger charge is -2.31. The fraction of sp³-hybridized carbons (Fsp3) is 0.469. The number of nitriles is 3. The summed E-state index contributed by atoms with van der Waals surface area (Å²) in [5.74, 6) is -7.54. The second-order valence-electron chi connectivity index (χ2n) is 37.1. The molecule has 9 heterocycles. The van der Waals surface area contributed by atoms with Crippen LogP contribution in [0.5, 0.6) is 17.2 Å². The summed E-state index contributed by atoms with van der Waals surface area (Å²) in [4.78, 5) is 115. The molecule has 12 rings (SSSR count). The van der Waals surface area contributed by atoms with Crippen molar-refractivity contribution in [3.63, 3.8) is 0 Å². The zero-order chi connectivity index (χ0) is 106. The monoisotopic (exact) mass is 2060 g/mol. The lowest BCUT2D eigenvalue weighted by molar-refractivity contribution is -0.173. The molecule has 0 spiro atoms. The van der Waals surface area contributed by atoms with Crippen molar-refractivity contribution in [3.8, 4) is 35.5 Å². The van der Waals surface area contributed by atoms with Gasteiger partial charge in [0.2, 0.25) is 16.8 Å². The molecule has 0 bridgehead atoms. The van der Waals surface area contributed by atoms with Crippen LogP contribution in [0.2, 0.25) is 0 Å². The third-order valence-corrected chi connectivity index (χ3v) is 26.1. The predicted molar refractivity (Wildman–Crippen MR) is 513 cm³/mol. The SMILES string of the molecule is CC(=O)O[C@H]1[C@H](c2ccc3c(N)ccnn23)O[C@](C#N)(CO[P@@](=O)(N[C@@H](C)C(=O)OC(C)(C)C)Oc2ccccc2)[C@H]1OC(C)=O.CC(C)C(=O)O[C@H]1[C@H](c2ccc3c(N)ccnn23)O[C@](C#N)(CO[P@@](=O)(N[C@@H](C)C(=O)OC(C)(C)C)Oc2ccccc2)[C@H]1OC(=O)C(C)C.CCC(=O)O[C@H]1[C@H](c2ccc3c(N)ccnn23)O[C@](C#N)(CO[P@@](=O)(N[C@@H](C)C(=O)OC(C)(C)C)Oc2ccccc2)[C@H]1OC(=O)CC. The van der Waals surface area contributed by atoms with E-state index in [-0.39, 0.29) is 30.1 Å². The second kappa shape index (κ2) is 47.0. The van der Waals surface area contributed by atoms with Crippen LogP contribution in [-0.4, -0.2) is 191 Å². The largest absolute Gasteiger partial charge is 0.459 e. The fourth-order valence-electron chi connectivity index (χ4n) is 14.5. The van der Waals surface area contributed by atoms with Gasteiger partial charge in [-0.3, -0.25) is 56.7 Å². The van der Waals surface area contributed by atoms with E-state index in [2.05, 4.69) is 30.6 Å². The van der Waals surface area contributed by atoms with E-state index in [1.54, 1.807) is 213 Å². The van der Waals surface area contributed by atoms with Crippen molar-refractivity contribution in [2.24, 2.45) is 11.8 Å².